The Labute approximate surface area is 195 Å². The number of piperidine rings is 1. The molecule has 0 radical (unpaired) electrons. The van der Waals surface area contributed by atoms with E-state index >= 15 is 0 Å². The molecule has 2 aliphatic heterocycles. The summed E-state index contributed by atoms with van der Waals surface area (Å²) in [7, 11) is -3.77. The predicted molar refractivity (Wildman–Crippen MR) is 124 cm³/mol. The molecule has 2 heterocycles. The Bertz CT molecular complexity index is 1140. The Morgan fingerprint density at radius 3 is 2.42 bits per heavy atom. The van der Waals surface area contributed by atoms with Crippen molar-refractivity contribution in [3.63, 3.8) is 0 Å². The number of carbonyl (C=O) groups is 2. The molecule has 8 heteroatoms. The van der Waals surface area contributed by atoms with Crippen LogP contribution in [-0.4, -0.2) is 54.7 Å². The lowest BCUT2D eigenvalue weighted by molar-refractivity contribution is -0.140. The Kier molecular flexibility index (Phi) is 6.86. The highest BCUT2D eigenvalue weighted by molar-refractivity contribution is 7.89. The summed E-state index contributed by atoms with van der Waals surface area (Å²) in [5, 5.41) is 0. The van der Waals surface area contributed by atoms with Crippen molar-refractivity contribution in [2.24, 2.45) is 0 Å². The van der Waals surface area contributed by atoms with E-state index in [2.05, 4.69) is 0 Å². The van der Waals surface area contributed by atoms with Crippen molar-refractivity contribution in [2.45, 2.75) is 63.1 Å². The molecular formula is C25H30N2O5S. The van der Waals surface area contributed by atoms with Crippen LogP contribution < -0.4 is 0 Å². The van der Waals surface area contributed by atoms with Gasteiger partial charge in [0.05, 0.1) is 10.5 Å². The van der Waals surface area contributed by atoms with Crippen LogP contribution in [0.15, 0.2) is 53.4 Å². The molecule has 0 unspecified atom stereocenters. The summed E-state index contributed by atoms with van der Waals surface area (Å²) in [6.45, 7) is 4.33. The minimum atomic E-state index is -3.77. The molecule has 2 atom stereocenters. The van der Waals surface area contributed by atoms with Crippen molar-refractivity contribution in [1.29, 1.82) is 0 Å². The molecule has 1 saturated heterocycles. The first-order valence-corrected chi connectivity index (χ1v) is 12.9. The van der Waals surface area contributed by atoms with E-state index in [1.165, 1.54) is 28.6 Å². The second-order valence-electron chi connectivity index (χ2n) is 8.89. The van der Waals surface area contributed by atoms with Gasteiger partial charge in [-0.15, -0.1) is 0 Å². The molecular weight excluding hydrogens is 440 g/mol. The Morgan fingerprint density at radius 2 is 1.70 bits per heavy atom. The fourth-order valence-corrected chi connectivity index (χ4v) is 6.27. The highest BCUT2D eigenvalue weighted by atomic mass is 32.2. The number of hydrogen-bond acceptors (Lipinski definition) is 5. The first kappa shape index (κ1) is 23.4. The van der Waals surface area contributed by atoms with Crippen LogP contribution in [0.2, 0.25) is 0 Å². The molecule has 1 amide bonds. The number of amides is 1. The monoisotopic (exact) mass is 470 g/mol. The van der Waals surface area contributed by atoms with Crippen molar-refractivity contribution in [1.82, 2.24) is 9.21 Å². The maximum Gasteiger partial charge on any atom is 0.338 e. The summed E-state index contributed by atoms with van der Waals surface area (Å²) in [6, 6.07) is 13.9. The summed E-state index contributed by atoms with van der Waals surface area (Å²) < 4.78 is 33.2. The van der Waals surface area contributed by atoms with Gasteiger partial charge in [0.1, 0.15) is 0 Å². The van der Waals surface area contributed by atoms with E-state index < -0.39 is 16.0 Å². The van der Waals surface area contributed by atoms with Crippen molar-refractivity contribution in [3.8, 4) is 0 Å². The Hall–Kier alpha value is -2.71. The molecule has 0 aliphatic carbocycles. The van der Waals surface area contributed by atoms with Crippen LogP contribution in [0.25, 0.3) is 0 Å². The number of carbonyl (C=O) groups excluding carboxylic acids is 2. The highest BCUT2D eigenvalue weighted by Crippen LogP contribution is 2.26. The van der Waals surface area contributed by atoms with Gasteiger partial charge in [-0.25, -0.2) is 13.2 Å². The maximum absolute atomic E-state index is 13.2. The van der Waals surface area contributed by atoms with Crippen LogP contribution >= 0.6 is 0 Å². The largest absolute Gasteiger partial charge is 0.452 e. The molecule has 0 N–H and O–H groups in total. The molecule has 1 fully saturated rings. The third-order valence-electron chi connectivity index (χ3n) is 6.61. The van der Waals surface area contributed by atoms with Gasteiger partial charge in [-0.05, 0) is 68.9 Å². The number of ether oxygens (including phenoxy) is 1. The first-order chi connectivity index (χ1) is 15.8. The van der Waals surface area contributed by atoms with Crippen LogP contribution in [0, 0.1) is 0 Å². The van der Waals surface area contributed by atoms with E-state index in [1.54, 1.807) is 4.90 Å². The van der Waals surface area contributed by atoms with Gasteiger partial charge < -0.3 is 9.64 Å². The van der Waals surface area contributed by atoms with E-state index in [9.17, 15) is 18.0 Å². The number of fused-ring (bicyclic) bond motifs is 1. The van der Waals surface area contributed by atoms with E-state index in [4.69, 9.17) is 4.74 Å². The van der Waals surface area contributed by atoms with Crippen LogP contribution in [0.1, 0.15) is 54.6 Å². The summed E-state index contributed by atoms with van der Waals surface area (Å²) in [5.41, 5.74) is 2.26. The average Bonchev–Trinajstić information content (AvgIpc) is 2.82. The number of rotatable bonds is 5. The van der Waals surface area contributed by atoms with Crippen LogP contribution in [0.3, 0.4) is 0 Å². The van der Waals surface area contributed by atoms with Crippen LogP contribution in [0.5, 0.6) is 0 Å². The number of hydrogen-bond donors (Lipinski definition) is 0. The quantitative estimate of drug-likeness (QED) is 0.626. The van der Waals surface area contributed by atoms with Gasteiger partial charge in [-0.2, -0.15) is 4.31 Å². The number of likely N-dealkylation sites (tertiary alicyclic amines) is 1. The van der Waals surface area contributed by atoms with Crippen molar-refractivity contribution < 1.29 is 22.7 Å². The zero-order valence-corrected chi connectivity index (χ0v) is 19.9. The molecule has 0 bridgehead atoms. The SMILES string of the molecule is C[C@@H]1CCC[C@@H](C)N1C(=O)COC(=O)c1cccc(S(=O)(=O)N2CCc3ccccc3C2)c1. The van der Waals surface area contributed by atoms with E-state index in [0.717, 1.165) is 30.4 Å². The maximum atomic E-state index is 13.2. The smallest absolute Gasteiger partial charge is 0.338 e. The lowest BCUT2D eigenvalue weighted by atomic mass is 9.97. The van der Waals surface area contributed by atoms with Crippen molar-refractivity contribution >= 4 is 21.9 Å². The average molecular weight is 471 g/mol. The molecule has 176 valence electrons. The van der Waals surface area contributed by atoms with Gasteiger partial charge in [0.25, 0.3) is 5.91 Å². The van der Waals surface area contributed by atoms with Gasteiger partial charge in [-0.3, -0.25) is 4.79 Å². The van der Waals surface area contributed by atoms with Gasteiger partial charge in [0.15, 0.2) is 6.61 Å². The molecule has 4 rings (SSSR count). The third-order valence-corrected chi connectivity index (χ3v) is 8.45. The van der Waals surface area contributed by atoms with Crippen LogP contribution in [-0.2, 0) is 32.5 Å². The zero-order chi connectivity index (χ0) is 23.6. The molecule has 2 aromatic carbocycles. The first-order valence-electron chi connectivity index (χ1n) is 11.4. The second-order valence-corrected chi connectivity index (χ2v) is 10.8. The van der Waals surface area contributed by atoms with Gasteiger partial charge in [0.2, 0.25) is 10.0 Å². The molecule has 0 saturated carbocycles. The fraction of sp³-hybridized carbons (Fsp3) is 0.440. The van der Waals surface area contributed by atoms with Gasteiger partial charge in [0, 0.05) is 25.2 Å². The molecule has 0 aromatic heterocycles. The van der Waals surface area contributed by atoms with E-state index in [1.807, 2.05) is 38.1 Å². The van der Waals surface area contributed by atoms with Crippen LogP contribution in [0.4, 0.5) is 0 Å². The molecule has 7 nitrogen and oxygen atoms in total. The number of esters is 1. The van der Waals surface area contributed by atoms with Gasteiger partial charge in [-0.1, -0.05) is 30.3 Å². The molecule has 33 heavy (non-hydrogen) atoms. The Balaban J connectivity index is 1.44. The zero-order valence-electron chi connectivity index (χ0n) is 19.1. The number of benzene rings is 2. The summed E-state index contributed by atoms with van der Waals surface area (Å²) >= 11 is 0. The third kappa shape index (κ3) is 4.96. The molecule has 0 spiro atoms. The Morgan fingerprint density at radius 1 is 1.00 bits per heavy atom. The van der Waals surface area contributed by atoms with Crippen molar-refractivity contribution in [2.75, 3.05) is 13.2 Å². The van der Waals surface area contributed by atoms with E-state index in [0.29, 0.717) is 19.5 Å². The lowest BCUT2D eigenvalue weighted by Gasteiger charge is -2.38. The molecule has 2 aliphatic rings. The minimum Gasteiger partial charge on any atom is -0.452 e. The lowest BCUT2D eigenvalue weighted by Crippen LogP contribution is -2.49. The van der Waals surface area contributed by atoms with Gasteiger partial charge >= 0.3 is 5.97 Å². The van der Waals surface area contributed by atoms with E-state index in [-0.39, 0.29) is 35.1 Å². The number of sulfonamides is 1. The topological polar surface area (TPSA) is 84.0 Å². The molecule has 2 aromatic rings. The normalized spacial score (nSPS) is 21.3. The second kappa shape index (κ2) is 9.65. The van der Waals surface area contributed by atoms with Crippen molar-refractivity contribution in [3.05, 3.63) is 65.2 Å². The summed E-state index contributed by atoms with van der Waals surface area (Å²) in [5.74, 6) is -0.930. The minimum absolute atomic E-state index is 0.0425. The standard InChI is InChI=1S/C25H30N2O5S/c1-18-7-5-8-19(2)27(18)24(28)17-32-25(29)21-11-6-12-23(15-21)33(30,31)26-14-13-20-9-3-4-10-22(20)16-26/h3-4,6,9-12,15,18-19H,5,7-8,13-14,16-17H2,1-2H3/t18-,19-/m1/s1. The summed E-state index contributed by atoms with van der Waals surface area (Å²) in [4.78, 5) is 27.1. The fourth-order valence-electron chi connectivity index (χ4n) is 4.81. The predicted octanol–water partition coefficient (Wildman–Crippen LogP) is 3.38. The number of nitrogens with zero attached hydrogens (tertiary/aromatic N) is 2. The summed E-state index contributed by atoms with van der Waals surface area (Å²) in [6.07, 6.45) is 3.60. The highest BCUT2D eigenvalue weighted by Gasteiger charge is 2.31.